The van der Waals surface area contributed by atoms with E-state index in [9.17, 15) is 4.79 Å². The van der Waals surface area contributed by atoms with Gasteiger partial charge in [-0.05, 0) is 72.9 Å². The average Bonchev–Trinajstić information content (AvgIpc) is 2.89. The number of nitrogens with zero attached hydrogens (tertiary/aromatic N) is 2. The molecule has 0 aliphatic carbocycles. The molecule has 3 aromatic carbocycles. The fourth-order valence-electron chi connectivity index (χ4n) is 3.56. The van der Waals surface area contributed by atoms with Gasteiger partial charge in [0.25, 0.3) is 5.91 Å². The van der Waals surface area contributed by atoms with E-state index in [0.29, 0.717) is 36.8 Å². The number of amides is 1. The van der Waals surface area contributed by atoms with Gasteiger partial charge in [0, 0.05) is 19.2 Å². The average molecular weight is 512 g/mol. The van der Waals surface area contributed by atoms with E-state index in [1.807, 2.05) is 54.6 Å². The largest absolute Gasteiger partial charge is 0.494 e. The zero-order chi connectivity index (χ0) is 24.9. The zero-order valence-electron chi connectivity index (χ0n) is 20.8. The molecule has 1 amide bonds. The van der Waals surface area contributed by atoms with Crippen molar-refractivity contribution in [3.05, 3.63) is 89.5 Å². The second kappa shape index (κ2) is 15.3. The summed E-state index contributed by atoms with van der Waals surface area (Å²) < 4.78 is 17.1. The first-order valence-corrected chi connectivity index (χ1v) is 11.7. The number of benzene rings is 3. The summed E-state index contributed by atoms with van der Waals surface area (Å²) in [7, 11) is 3.37. The summed E-state index contributed by atoms with van der Waals surface area (Å²) in [6.07, 6.45) is 4.38. The van der Waals surface area contributed by atoms with Crippen molar-refractivity contribution >= 4 is 24.5 Å². The SMILES string of the molecule is COc1cc(C(=O)N(C)Cc2ccccc2)ccc1OCCCCCOc1ccc(C=NN)cc1.Cl. The lowest BCUT2D eigenvalue weighted by atomic mass is 10.1. The highest BCUT2D eigenvalue weighted by molar-refractivity contribution is 5.94. The van der Waals surface area contributed by atoms with Gasteiger partial charge < -0.3 is 25.0 Å². The van der Waals surface area contributed by atoms with E-state index < -0.39 is 0 Å². The number of methoxy groups -OCH3 is 1. The van der Waals surface area contributed by atoms with Crippen LogP contribution < -0.4 is 20.1 Å². The minimum atomic E-state index is -0.0687. The number of unbranched alkanes of at least 4 members (excludes halogenated alkanes) is 2. The Hall–Kier alpha value is -3.71. The molecule has 0 atom stereocenters. The summed E-state index contributed by atoms with van der Waals surface area (Å²) in [6, 6.07) is 22.8. The number of ether oxygens (including phenoxy) is 3. The highest BCUT2D eigenvalue weighted by atomic mass is 35.5. The molecule has 8 heteroatoms. The molecule has 0 bridgehead atoms. The minimum absolute atomic E-state index is 0. The molecule has 2 N–H and O–H groups in total. The highest BCUT2D eigenvalue weighted by Crippen LogP contribution is 2.29. The fraction of sp³-hybridized carbons (Fsp3) is 0.286. The number of rotatable bonds is 13. The molecule has 0 heterocycles. The van der Waals surface area contributed by atoms with E-state index in [1.165, 1.54) is 0 Å². The van der Waals surface area contributed by atoms with E-state index in [-0.39, 0.29) is 18.3 Å². The fourth-order valence-corrected chi connectivity index (χ4v) is 3.56. The van der Waals surface area contributed by atoms with Crippen LogP contribution in [0.5, 0.6) is 17.2 Å². The van der Waals surface area contributed by atoms with Crippen LogP contribution in [-0.4, -0.2) is 44.4 Å². The predicted molar refractivity (Wildman–Crippen MR) is 146 cm³/mol. The van der Waals surface area contributed by atoms with E-state index in [0.717, 1.165) is 36.1 Å². The maximum Gasteiger partial charge on any atom is 0.254 e. The van der Waals surface area contributed by atoms with Gasteiger partial charge in [-0.25, -0.2) is 0 Å². The van der Waals surface area contributed by atoms with Crippen LogP contribution in [0.1, 0.15) is 40.7 Å². The van der Waals surface area contributed by atoms with Gasteiger partial charge in [0.05, 0.1) is 26.5 Å². The Morgan fingerprint density at radius 1 is 0.917 bits per heavy atom. The third-order valence-electron chi connectivity index (χ3n) is 5.44. The maximum atomic E-state index is 12.8. The molecule has 0 spiro atoms. The molecular formula is C28H34ClN3O4. The molecule has 3 aromatic rings. The highest BCUT2D eigenvalue weighted by Gasteiger charge is 2.15. The van der Waals surface area contributed by atoms with Crippen LogP contribution in [0.3, 0.4) is 0 Å². The van der Waals surface area contributed by atoms with Gasteiger partial charge in [0.2, 0.25) is 0 Å². The van der Waals surface area contributed by atoms with E-state index in [1.54, 1.807) is 43.5 Å². The normalized spacial score (nSPS) is 10.5. The van der Waals surface area contributed by atoms with Crippen LogP contribution >= 0.6 is 12.4 Å². The molecule has 7 nitrogen and oxygen atoms in total. The Morgan fingerprint density at radius 2 is 1.61 bits per heavy atom. The molecule has 0 radical (unpaired) electrons. The van der Waals surface area contributed by atoms with E-state index in [2.05, 4.69) is 5.10 Å². The lowest BCUT2D eigenvalue weighted by molar-refractivity contribution is 0.0784. The lowest BCUT2D eigenvalue weighted by Gasteiger charge is -2.18. The first kappa shape index (κ1) is 28.5. The molecule has 0 saturated heterocycles. The zero-order valence-corrected chi connectivity index (χ0v) is 21.6. The molecule has 0 saturated carbocycles. The van der Waals surface area contributed by atoms with Gasteiger partial charge in [-0.2, -0.15) is 5.10 Å². The van der Waals surface area contributed by atoms with Gasteiger partial charge in [0.1, 0.15) is 5.75 Å². The Bertz CT molecular complexity index is 1090. The molecule has 0 aliphatic heterocycles. The van der Waals surface area contributed by atoms with Crippen molar-refractivity contribution in [1.82, 2.24) is 4.90 Å². The first-order chi connectivity index (χ1) is 17.1. The van der Waals surface area contributed by atoms with Gasteiger partial charge in [0.15, 0.2) is 11.5 Å². The van der Waals surface area contributed by atoms with Crippen LogP contribution in [0.15, 0.2) is 77.9 Å². The first-order valence-electron chi connectivity index (χ1n) is 11.7. The molecule has 0 unspecified atom stereocenters. The maximum absolute atomic E-state index is 12.8. The number of hydrazone groups is 1. The van der Waals surface area contributed by atoms with Crippen LogP contribution in [-0.2, 0) is 6.54 Å². The third-order valence-corrected chi connectivity index (χ3v) is 5.44. The van der Waals surface area contributed by atoms with Gasteiger partial charge in [-0.3, -0.25) is 4.79 Å². The Balaban J connectivity index is 0.00000456. The monoisotopic (exact) mass is 511 g/mol. The number of carbonyl (C=O) groups excluding carboxylic acids is 1. The van der Waals surface area contributed by atoms with Crippen LogP contribution in [0, 0.1) is 0 Å². The molecule has 0 aliphatic rings. The molecular weight excluding hydrogens is 478 g/mol. The van der Waals surface area contributed by atoms with E-state index in [4.69, 9.17) is 20.1 Å². The summed E-state index contributed by atoms with van der Waals surface area (Å²) >= 11 is 0. The van der Waals surface area contributed by atoms with Gasteiger partial charge in [-0.15, -0.1) is 12.4 Å². The number of hydrogen-bond donors (Lipinski definition) is 1. The van der Waals surface area contributed by atoms with Gasteiger partial charge in [-0.1, -0.05) is 30.3 Å². The van der Waals surface area contributed by atoms with Crippen LogP contribution in [0.25, 0.3) is 0 Å². The summed E-state index contributed by atoms with van der Waals surface area (Å²) in [6.45, 7) is 1.74. The second-order valence-electron chi connectivity index (χ2n) is 8.12. The van der Waals surface area contributed by atoms with E-state index >= 15 is 0 Å². The Labute approximate surface area is 219 Å². The summed E-state index contributed by atoms with van der Waals surface area (Å²) in [5, 5.41) is 3.50. The Kier molecular flexibility index (Phi) is 12.1. The van der Waals surface area contributed by atoms with Crippen molar-refractivity contribution in [3.63, 3.8) is 0 Å². The van der Waals surface area contributed by atoms with Crippen molar-refractivity contribution in [2.75, 3.05) is 27.4 Å². The molecule has 3 rings (SSSR count). The molecule has 0 aromatic heterocycles. The number of halogens is 1. The minimum Gasteiger partial charge on any atom is -0.494 e. The van der Waals surface area contributed by atoms with Crippen molar-refractivity contribution < 1.29 is 19.0 Å². The quantitative estimate of drug-likeness (QED) is 0.145. The summed E-state index contributed by atoms with van der Waals surface area (Å²) in [5.41, 5.74) is 2.58. The molecule has 36 heavy (non-hydrogen) atoms. The van der Waals surface area contributed by atoms with Gasteiger partial charge >= 0.3 is 0 Å². The topological polar surface area (TPSA) is 86.4 Å². The smallest absolute Gasteiger partial charge is 0.254 e. The molecule has 0 fully saturated rings. The van der Waals surface area contributed by atoms with Crippen molar-refractivity contribution in [1.29, 1.82) is 0 Å². The summed E-state index contributed by atoms with van der Waals surface area (Å²) in [5.74, 6) is 7.09. The van der Waals surface area contributed by atoms with Crippen LogP contribution in [0.4, 0.5) is 0 Å². The van der Waals surface area contributed by atoms with Crippen LogP contribution in [0.2, 0.25) is 0 Å². The predicted octanol–water partition coefficient (Wildman–Crippen LogP) is 5.31. The standard InChI is InChI=1S/C28H33N3O4.ClH/c1-31(21-23-9-5-3-6-10-23)28(32)24-13-16-26(27(19-24)33-2)35-18-8-4-7-17-34-25-14-11-22(12-15-25)20-30-29;/h3,5-6,9-16,19-20H,4,7-8,17-18,21,29H2,1-2H3;1H. The number of carbonyl (C=O) groups is 1. The Morgan fingerprint density at radius 3 is 2.28 bits per heavy atom. The van der Waals surface area contributed by atoms with Crippen molar-refractivity contribution in [2.24, 2.45) is 10.9 Å². The number of nitrogens with two attached hydrogens (primary N) is 1. The van der Waals surface area contributed by atoms with Crippen molar-refractivity contribution in [2.45, 2.75) is 25.8 Å². The van der Waals surface area contributed by atoms with Crippen molar-refractivity contribution in [3.8, 4) is 17.2 Å². The lowest BCUT2D eigenvalue weighted by Crippen LogP contribution is -2.26. The second-order valence-corrected chi connectivity index (χ2v) is 8.12. The number of hydrogen-bond acceptors (Lipinski definition) is 6. The summed E-state index contributed by atoms with van der Waals surface area (Å²) in [4.78, 5) is 14.5. The molecule has 192 valence electrons. The third kappa shape index (κ3) is 8.82.